The quantitative estimate of drug-likeness (QED) is 0.363. The fourth-order valence-electron chi connectivity index (χ4n) is 4.22. The van der Waals surface area contributed by atoms with Crippen molar-refractivity contribution in [2.75, 3.05) is 0 Å². The van der Waals surface area contributed by atoms with E-state index in [1.54, 1.807) is 0 Å². The average Bonchev–Trinajstić information content (AvgIpc) is 3.35. The van der Waals surface area contributed by atoms with E-state index < -0.39 is 0 Å². The number of fused-ring (bicyclic) bond motifs is 3. The number of aryl methyl sites for hydroxylation is 1. The molecule has 0 saturated heterocycles. The van der Waals surface area contributed by atoms with Crippen LogP contribution in [0.25, 0.3) is 44.8 Å². The number of nitriles is 1. The molecular weight excluding hydrogens is 382 g/mol. The van der Waals surface area contributed by atoms with Crippen LogP contribution in [-0.2, 0) is 13.6 Å². The van der Waals surface area contributed by atoms with Crippen molar-refractivity contribution >= 4 is 33.5 Å². The summed E-state index contributed by atoms with van der Waals surface area (Å²) in [6.45, 7) is 3.07. The number of rotatable bonds is 4. The lowest BCUT2D eigenvalue weighted by molar-refractivity contribution is 0.827. The molecule has 0 unspecified atom stereocenters. The molecular formula is C26H21N5. The van der Waals surface area contributed by atoms with Crippen molar-refractivity contribution in [2.45, 2.75) is 13.5 Å². The van der Waals surface area contributed by atoms with E-state index in [2.05, 4.69) is 70.2 Å². The second-order valence-electron chi connectivity index (χ2n) is 7.48. The zero-order valence-electron chi connectivity index (χ0n) is 17.4. The Morgan fingerprint density at radius 3 is 2.45 bits per heavy atom. The summed E-state index contributed by atoms with van der Waals surface area (Å²) in [5, 5.41) is 20.9. The molecule has 0 aliphatic rings. The first-order valence-corrected chi connectivity index (χ1v) is 10.3. The van der Waals surface area contributed by atoms with Crippen molar-refractivity contribution in [3.8, 4) is 17.5 Å². The highest BCUT2D eigenvalue weighted by Gasteiger charge is 2.15. The topological polar surface area (TPSA) is 59.4 Å². The molecule has 0 N–H and O–H groups in total. The van der Waals surface area contributed by atoms with Gasteiger partial charge in [-0.25, -0.2) is 0 Å². The normalized spacial score (nSPS) is 11.8. The van der Waals surface area contributed by atoms with Crippen LogP contribution in [0.1, 0.15) is 18.3 Å². The lowest BCUT2D eigenvalue weighted by Crippen LogP contribution is -1.98. The minimum Gasteiger partial charge on any atom is -0.341 e. The Balaban J connectivity index is 1.62. The van der Waals surface area contributed by atoms with Crippen molar-refractivity contribution < 1.29 is 0 Å². The van der Waals surface area contributed by atoms with Gasteiger partial charge in [-0.05, 0) is 36.8 Å². The van der Waals surface area contributed by atoms with Crippen molar-refractivity contribution in [3.05, 3.63) is 84.2 Å². The third kappa shape index (κ3) is 3.10. The number of para-hydroxylation sites is 1. The summed E-state index contributed by atoms with van der Waals surface area (Å²) >= 11 is 0. The zero-order valence-corrected chi connectivity index (χ0v) is 17.4. The molecule has 2 aromatic heterocycles. The third-order valence-corrected chi connectivity index (χ3v) is 5.69. The van der Waals surface area contributed by atoms with Crippen molar-refractivity contribution in [1.82, 2.24) is 19.3 Å². The summed E-state index contributed by atoms with van der Waals surface area (Å²) in [6, 6.07) is 26.9. The standard InChI is InChI=1S/C26H21N5/c1-3-31-23-12-8-7-11-21(23)22-16-18(13-14-24(22)31)15-20(17-27)26-29-28-25(30(26)2)19-9-5-4-6-10-19/h4-16H,3H2,1-2H3/b20-15-. The molecule has 5 nitrogen and oxygen atoms in total. The minimum absolute atomic E-state index is 0.482. The Morgan fingerprint density at radius 1 is 0.935 bits per heavy atom. The van der Waals surface area contributed by atoms with Gasteiger partial charge in [-0.3, -0.25) is 0 Å². The van der Waals surface area contributed by atoms with Crippen molar-refractivity contribution in [3.63, 3.8) is 0 Å². The van der Waals surface area contributed by atoms with Gasteiger partial charge in [0.05, 0.1) is 5.57 Å². The second-order valence-corrected chi connectivity index (χ2v) is 7.48. The molecule has 5 heteroatoms. The van der Waals surface area contributed by atoms with Crippen LogP contribution in [0.15, 0.2) is 72.8 Å². The van der Waals surface area contributed by atoms with Gasteiger partial charge in [0.15, 0.2) is 11.6 Å². The molecule has 3 aromatic carbocycles. The van der Waals surface area contributed by atoms with E-state index in [-0.39, 0.29) is 0 Å². The van der Waals surface area contributed by atoms with Crippen LogP contribution in [-0.4, -0.2) is 19.3 Å². The van der Waals surface area contributed by atoms with Crippen LogP contribution in [0.4, 0.5) is 0 Å². The van der Waals surface area contributed by atoms with Crippen LogP contribution in [0.5, 0.6) is 0 Å². The van der Waals surface area contributed by atoms with E-state index in [9.17, 15) is 5.26 Å². The van der Waals surface area contributed by atoms with Crippen LogP contribution >= 0.6 is 0 Å². The SMILES string of the molecule is CCn1c2ccccc2c2cc(/C=C(/C#N)c3nnc(-c4ccccc4)n3C)ccc21. The first kappa shape index (κ1) is 18.8. The van der Waals surface area contributed by atoms with E-state index in [1.165, 1.54) is 21.8 Å². The van der Waals surface area contributed by atoms with Gasteiger partial charge >= 0.3 is 0 Å². The van der Waals surface area contributed by atoms with E-state index in [1.807, 2.05) is 48.0 Å². The molecule has 0 saturated carbocycles. The highest BCUT2D eigenvalue weighted by Crippen LogP contribution is 2.31. The van der Waals surface area contributed by atoms with E-state index in [0.29, 0.717) is 11.4 Å². The molecule has 2 heterocycles. The van der Waals surface area contributed by atoms with Gasteiger partial charge in [0.2, 0.25) is 0 Å². The summed E-state index contributed by atoms with van der Waals surface area (Å²) in [5.41, 5.74) is 4.84. The lowest BCUT2D eigenvalue weighted by atomic mass is 10.1. The van der Waals surface area contributed by atoms with Gasteiger partial charge in [-0.1, -0.05) is 54.6 Å². The van der Waals surface area contributed by atoms with Gasteiger partial charge in [0.1, 0.15) is 6.07 Å². The molecule has 0 atom stereocenters. The monoisotopic (exact) mass is 403 g/mol. The third-order valence-electron chi connectivity index (χ3n) is 5.69. The number of aromatic nitrogens is 4. The molecule has 0 spiro atoms. The largest absolute Gasteiger partial charge is 0.341 e. The first-order valence-electron chi connectivity index (χ1n) is 10.3. The van der Waals surface area contributed by atoms with Gasteiger partial charge < -0.3 is 9.13 Å². The van der Waals surface area contributed by atoms with E-state index in [0.717, 1.165) is 23.5 Å². The highest BCUT2D eigenvalue weighted by molar-refractivity contribution is 6.09. The van der Waals surface area contributed by atoms with Crippen LogP contribution in [0.2, 0.25) is 0 Å². The Kier molecular flexibility index (Phi) is 4.61. The van der Waals surface area contributed by atoms with Crippen molar-refractivity contribution in [1.29, 1.82) is 5.26 Å². The second kappa shape index (κ2) is 7.58. The number of benzene rings is 3. The molecule has 5 rings (SSSR count). The number of hydrogen-bond donors (Lipinski definition) is 0. The van der Waals surface area contributed by atoms with Gasteiger partial charge in [-0.2, -0.15) is 5.26 Å². The molecule has 0 bridgehead atoms. The molecule has 5 aromatic rings. The maximum atomic E-state index is 9.87. The lowest BCUT2D eigenvalue weighted by Gasteiger charge is -2.04. The van der Waals surface area contributed by atoms with Crippen molar-refractivity contribution in [2.24, 2.45) is 7.05 Å². The predicted octanol–water partition coefficient (Wildman–Crippen LogP) is 5.67. The molecule has 0 aliphatic carbocycles. The smallest absolute Gasteiger partial charge is 0.174 e. The molecule has 0 fully saturated rings. The maximum absolute atomic E-state index is 9.87. The summed E-state index contributed by atoms with van der Waals surface area (Å²) in [7, 11) is 1.89. The predicted molar refractivity (Wildman–Crippen MR) is 125 cm³/mol. The summed E-state index contributed by atoms with van der Waals surface area (Å²) < 4.78 is 4.18. The van der Waals surface area contributed by atoms with Crippen LogP contribution in [0, 0.1) is 11.3 Å². The Labute approximate surface area is 180 Å². The summed E-state index contributed by atoms with van der Waals surface area (Å²) in [4.78, 5) is 0. The van der Waals surface area contributed by atoms with E-state index in [4.69, 9.17) is 0 Å². The van der Waals surface area contributed by atoms with E-state index >= 15 is 0 Å². The maximum Gasteiger partial charge on any atom is 0.174 e. The Hall–Kier alpha value is -4.17. The number of hydrogen-bond acceptors (Lipinski definition) is 3. The van der Waals surface area contributed by atoms with Crippen LogP contribution in [0.3, 0.4) is 0 Å². The molecule has 0 amide bonds. The Bertz CT molecular complexity index is 1480. The molecule has 0 aliphatic heterocycles. The number of nitrogens with zero attached hydrogens (tertiary/aromatic N) is 5. The van der Waals surface area contributed by atoms with Gasteiger partial charge in [-0.15, -0.1) is 10.2 Å². The molecule has 150 valence electrons. The number of allylic oxidation sites excluding steroid dienone is 1. The fourth-order valence-corrected chi connectivity index (χ4v) is 4.22. The minimum atomic E-state index is 0.482. The summed E-state index contributed by atoms with van der Waals surface area (Å²) in [5.74, 6) is 1.29. The highest BCUT2D eigenvalue weighted by atomic mass is 15.3. The average molecular weight is 403 g/mol. The zero-order chi connectivity index (χ0) is 21.4. The van der Waals surface area contributed by atoms with Gasteiger partial charge in [0, 0.05) is 41.0 Å². The summed E-state index contributed by atoms with van der Waals surface area (Å²) in [6.07, 6.45) is 1.89. The Morgan fingerprint density at radius 2 is 1.68 bits per heavy atom. The van der Waals surface area contributed by atoms with Crippen LogP contribution < -0.4 is 0 Å². The first-order chi connectivity index (χ1) is 15.2. The van der Waals surface area contributed by atoms with Gasteiger partial charge in [0.25, 0.3) is 0 Å². The molecule has 31 heavy (non-hydrogen) atoms. The fraction of sp³-hybridized carbons (Fsp3) is 0.115. The molecule has 0 radical (unpaired) electrons.